The number of aromatic amines is 2. The van der Waals surface area contributed by atoms with Crippen LogP contribution in [0, 0.1) is 0 Å². The summed E-state index contributed by atoms with van der Waals surface area (Å²) in [5, 5.41) is 3.60. The van der Waals surface area contributed by atoms with Crippen molar-refractivity contribution in [3.8, 4) is 11.1 Å². The van der Waals surface area contributed by atoms with Gasteiger partial charge in [0, 0.05) is 36.0 Å². The average molecular weight is 304 g/mol. The van der Waals surface area contributed by atoms with Gasteiger partial charge in [0.1, 0.15) is 5.52 Å². The molecule has 108 valence electrons. The number of pyridine rings is 1. The molecule has 3 N–H and O–H groups in total. The van der Waals surface area contributed by atoms with Gasteiger partial charge in [0.05, 0.1) is 0 Å². The summed E-state index contributed by atoms with van der Waals surface area (Å²) in [5.74, 6) is -0.102. The van der Waals surface area contributed by atoms with Crippen molar-refractivity contribution in [1.82, 2.24) is 9.97 Å². The number of fused-ring (bicyclic) bond motifs is 1. The predicted octanol–water partition coefficient (Wildman–Crippen LogP) is 2.90. The molecule has 1 amide bonds. The highest BCUT2D eigenvalue weighted by Crippen LogP contribution is 2.26. The number of hydrogen-bond acceptors (Lipinski definition) is 2. The molecule has 0 atom stereocenters. The minimum Gasteiger partial charge on any atom is -0.357 e. The summed E-state index contributed by atoms with van der Waals surface area (Å²) in [6, 6.07) is 9.36. The minimum absolute atomic E-state index is 0. The molecular weight excluding hydrogens is 290 g/mol. The molecule has 5 nitrogen and oxygen atoms in total. The first-order valence-electron chi connectivity index (χ1n) is 6.22. The Bertz CT molecular complexity index is 834. The lowest BCUT2D eigenvalue weighted by Crippen LogP contribution is -2.06. The summed E-state index contributed by atoms with van der Waals surface area (Å²) < 4.78 is 0. The molecule has 1 aromatic carbocycles. The fraction of sp³-hybridized carbons (Fsp3) is 0.0667. The standard InChI is InChI=1S/C15H13N3O2.ClH/c1-9(19)18-11-4-2-10(3-5-11)13-8-17-15(20)14-12(13)6-7-16-14;/h2-8,16H,1H3,(H,17,20)(H,18,19);1H. The van der Waals surface area contributed by atoms with Crippen molar-refractivity contribution in [2.75, 3.05) is 5.32 Å². The van der Waals surface area contributed by atoms with Gasteiger partial charge < -0.3 is 15.3 Å². The van der Waals surface area contributed by atoms with E-state index >= 15 is 0 Å². The van der Waals surface area contributed by atoms with E-state index in [1.54, 1.807) is 12.4 Å². The molecule has 2 heterocycles. The smallest absolute Gasteiger partial charge is 0.272 e. The number of benzene rings is 1. The maximum absolute atomic E-state index is 11.7. The van der Waals surface area contributed by atoms with Crippen LogP contribution in [0.3, 0.4) is 0 Å². The summed E-state index contributed by atoms with van der Waals surface area (Å²) >= 11 is 0. The van der Waals surface area contributed by atoms with Crippen LogP contribution >= 0.6 is 12.4 Å². The number of nitrogens with one attached hydrogen (secondary N) is 3. The molecule has 21 heavy (non-hydrogen) atoms. The van der Waals surface area contributed by atoms with E-state index in [2.05, 4.69) is 15.3 Å². The van der Waals surface area contributed by atoms with Crippen molar-refractivity contribution in [2.24, 2.45) is 0 Å². The molecule has 0 unspecified atom stereocenters. The lowest BCUT2D eigenvalue weighted by Gasteiger charge is -2.06. The monoisotopic (exact) mass is 303 g/mol. The molecule has 3 rings (SSSR count). The van der Waals surface area contributed by atoms with Gasteiger partial charge in [-0.3, -0.25) is 9.59 Å². The molecule has 0 spiro atoms. The van der Waals surface area contributed by atoms with Crippen LogP contribution < -0.4 is 10.9 Å². The maximum Gasteiger partial charge on any atom is 0.272 e. The summed E-state index contributed by atoms with van der Waals surface area (Å²) in [4.78, 5) is 28.3. The Hall–Kier alpha value is -2.53. The van der Waals surface area contributed by atoms with Crippen molar-refractivity contribution in [3.05, 3.63) is 53.1 Å². The zero-order valence-electron chi connectivity index (χ0n) is 11.3. The van der Waals surface area contributed by atoms with E-state index in [1.165, 1.54) is 6.92 Å². The zero-order valence-corrected chi connectivity index (χ0v) is 12.1. The predicted molar refractivity (Wildman–Crippen MR) is 85.9 cm³/mol. The number of rotatable bonds is 2. The highest BCUT2D eigenvalue weighted by Gasteiger charge is 2.07. The fourth-order valence-electron chi connectivity index (χ4n) is 2.24. The normalized spacial score (nSPS) is 10.1. The van der Waals surface area contributed by atoms with Crippen molar-refractivity contribution < 1.29 is 4.79 Å². The van der Waals surface area contributed by atoms with E-state index in [4.69, 9.17) is 0 Å². The summed E-state index contributed by atoms with van der Waals surface area (Å²) in [6.07, 6.45) is 3.45. The average Bonchev–Trinajstić information content (AvgIpc) is 2.90. The molecule has 0 bridgehead atoms. The first kappa shape index (κ1) is 14.9. The number of carbonyl (C=O) groups is 1. The Morgan fingerprint density at radius 1 is 1.10 bits per heavy atom. The Labute approximate surface area is 126 Å². The van der Waals surface area contributed by atoms with E-state index in [9.17, 15) is 9.59 Å². The van der Waals surface area contributed by atoms with E-state index < -0.39 is 0 Å². The van der Waals surface area contributed by atoms with Gasteiger partial charge in [-0.2, -0.15) is 0 Å². The Morgan fingerprint density at radius 3 is 2.48 bits per heavy atom. The Morgan fingerprint density at radius 2 is 1.81 bits per heavy atom. The summed E-state index contributed by atoms with van der Waals surface area (Å²) in [5.41, 5.74) is 3.09. The van der Waals surface area contributed by atoms with Crippen LogP contribution in [0.1, 0.15) is 6.92 Å². The SMILES string of the molecule is CC(=O)Nc1ccc(-c2c[nH]c(=O)c3[nH]ccc23)cc1.Cl. The third-order valence-corrected chi connectivity index (χ3v) is 3.13. The summed E-state index contributed by atoms with van der Waals surface area (Å²) in [6.45, 7) is 1.47. The van der Waals surface area contributed by atoms with Crippen molar-refractivity contribution >= 4 is 34.9 Å². The molecule has 3 aromatic rings. The quantitative estimate of drug-likeness (QED) is 0.680. The number of hydrogen-bond donors (Lipinski definition) is 3. The molecule has 0 radical (unpaired) electrons. The first-order chi connectivity index (χ1) is 9.65. The van der Waals surface area contributed by atoms with Gasteiger partial charge in [-0.05, 0) is 23.8 Å². The molecule has 0 fully saturated rings. The molecule has 0 aliphatic carbocycles. The van der Waals surface area contributed by atoms with Gasteiger partial charge in [0.25, 0.3) is 5.56 Å². The van der Waals surface area contributed by atoms with Crippen molar-refractivity contribution in [1.29, 1.82) is 0 Å². The number of halogens is 1. The second kappa shape index (κ2) is 5.85. The van der Waals surface area contributed by atoms with Crippen LogP contribution in [0.5, 0.6) is 0 Å². The van der Waals surface area contributed by atoms with Gasteiger partial charge in [-0.15, -0.1) is 12.4 Å². The number of amides is 1. The summed E-state index contributed by atoms with van der Waals surface area (Å²) in [7, 11) is 0. The van der Waals surface area contributed by atoms with Crippen LogP contribution in [-0.2, 0) is 4.79 Å². The van der Waals surface area contributed by atoms with E-state index in [1.807, 2.05) is 30.3 Å². The van der Waals surface area contributed by atoms with Crippen molar-refractivity contribution in [3.63, 3.8) is 0 Å². The van der Waals surface area contributed by atoms with Gasteiger partial charge in [0.2, 0.25) is 5.91 Å². The molecule has 0 aliphatic heterocycles. The minimum atomic E-state index is -0.136. The first-order valence-corrected chi connectivity index (χ1v) is 6.22. The molecule has 6 heteroatoms. The van der Waals surface area contributed by atoms with E-state index in [-0.39, 0.29) is 23.9 Å². The number of anilines is 1. The second-order valence-electron chi connectivity index (χ2n) is 4.56. The number of H-pyrrole nitrogens is 2. The van der Waals surface area contributed by atoms with Crippen LogP contribution in [0.15, 0.2) is 47.5 Å². The second-order valence-corrected chi connectivity index (χ2v) is 4.56. The molecule has 0 aliphatic rings. The van der Waals surface area contributed by atoms with Crippen LogP contribution in [0.25, 0.3) is 22.0 Å². The van der Waals surface area contributed by atoms with Gasteiger partial charge in [0.15, 0.2) is 0 Å². The largest absolute Gasteiger partial charge is 0.357 e. The van der Waals surface area contributed by atoms with E-state index in [0.717, 1.165) is 22.2 Å². The van der Waals surface area contributed by atoms with Crippen LogP contribution in [0.2, 0.25) is 0 Å². The Kier molecular flexibility index (Phi) is 4.14. The van der Waals surface area contributed by atoms with Gasteiger partial charge in [-0.1, -0.05) is 12.1 Å². The highest BCUT2D eigenvalue weighted by molar-refractivity contribution is 5.94. The number of carbonyl (C=O) groups excluding carboxylic acids is 1. The molecule has 2 aromatic heterocycles. The Balaban J connectivity index is 0.00000161. The molecular formula is C15H14ClN3O2. The highest BCUT2D eigenvalue weighted by atomic mass is 35.5. The topological polar surface area (TPSA) is 77.8 Å². The lowest BCUT2D eigenvalue weighted by molar-refractivity contribution is -0.114. The van der Waals surface area contributed by atoms with E-state index in [0.29, 0.717) is 5.52 Å². The van der Waals surface area contributed by atoms with Gasteiger partial charge in [-0.25, -0.2) is 0 Å². The maximum atomic E-state index is 11.7. The third-order valence-electron chi connectivity index (χ3n) is 3.13. The van der Waals surface area contributed by atoms with Crippen molar-refractivity contribution in [2.45, 2.75) is 6.92 Å². The van der Waals surface area contributed by atoms with Crippen LogP contribution in [-0.4, -0.2) is 15.9 Å². The third kappa shape index (κ3) is 2.83. The fourth-order valence-corrected chi connectivity index (χ4v) is 2.24. The number of aromatic nitrogens is 2. The van der Waals surface area contributed by atoms with Crippen LogP contribution in [0.4, 0.5) is 5.69 Å². The molecule has 0 saturated carbocycles. The molecule has 0 saturated heterocycles. The van der Waals surface area contributed by atoms with Gasteiger partial charge >= 0.3 is 0 Å². The zero-order chi connectivity index (χ0) is 14.1. The lowest BCUT2D eigenvalue weighted by atomic mass is 10.0.